The molecule has 0 unspecified atom stereocenters. The van der Waals surface area contributed by atoms with Crippen LogP contribution in [0.4, 0.5) is 5.69 Å². The fourth-order valence-electron chi connectivity index (χ4n) is 3.26. The van der Waals surface area contributed by atoms with Crippen molar-refractivity contribution < 1.29 is 9.53 Å². The van der Waals surface area contributed by atoms with Crippen molar-refractivity contribution in [2.24, 2.45) is 14.1 Å². The lowest BCUT2D eigenvalue weighted by molar-refractivity contribution is -0.113. The molecule has 32 heavy (non-hydrogen) atoms. The number of benzene rings is 2. The number of carbonyl (C=O) groups is 1. The first-order valence-electron chi connectivity index (χ1n) is 10.2. The molecule has 9 heteroatoms. The van der Waals surface area contributed by atoms with Crippen molar-refractivity contribution in [3.8, 4) is 28.4 Å². The number of amides is 1. The highest BCUT2D eigenvalue weighted by molar-refractivity contribution is 7.99. The number of carbonyl (C=O) groups excluding carboxylic acids is 1. The summed E-state index contributed by atoms with van der Waals surface area (Å²) >= 11 is 1.34. The highest BCUT2D eigenvalue weighted by atomic mass is 32.2. The maximum Gasteiger partial charge on any atom is 0.234 e. The minimum atomic E-state index is -0.116. The summed E-state index contributed by atoms with van der Waals surface area (Å²) in [5.74, 6) is 1.58. The minimum Gasteiger partial charge on any atom is -0.494 e. The smallest absolute Gasteiger partial charge is 0.234 e. The highest BCUT2D eigenvalue weighted by Crippen LogP contribution is 2.31. The molecule has 0 atom stereocenters. The summed E-state index contributed by atoms with van der Waals surface area (Å²) in [5, 5.41) is 16.8. The van der Waals surface area contributed by atoms with Crippen LogP contribution in [0, 0.1) is 0 Å². The average Bonchev–Trinajstić information content (AvgIpc) is 3.36. The van der Waals surface area contributed by atoms with E-state index in [1.54, 1.807) is 4.68 Å². The van der Waals surface area contributed by atoms with E-state index in [0.29, 0.717) is 17.6 Å². The topological polar surface area (TPSA) is 86.9 Å². The molecule has 8 nitrogen and oxygen atoms in total. The number of ether oxygens (including phenoxy) is 1. The molecule has 0 bridgehead atoms. The minimum absolute atomic E-state index is 0.116. The number of aromatic nitrogens is 5. The summed E-state index contributed by atoms with van der Waals surface area (Å²) in [4.78, 5) is 12.4. The molecule has 2 aromatic heterocycles. The molecule has 0 aliphatic carbocycles. The van der Waals surface area contributed by atoms with Gasteiger partial charge in [0.15, 0.2) is 11.0 Å². The Morgan fingerprint density at radius 3 is 2.53 bits per heavy atom. The molecular weight excluding hydrogens is 424 g/mol. The molecule has 1 amide bonds. The summed E-state index contributed by atoms with van der Waals surface area (Å²) in [7, 11) is 3.77. The lowest BCUT2D eigenvalue weighted by atomic mass is 10.1. The molecule has 164 valence electrons. The molecule has 0 aliphatic heterocycles. The third-order valence-corrected chi connectivity index (χ3v) is 5.75. The first-order chi connectivity index (χ1) is 15.5. The molecule has 4 aromatic rings. The number of aryl methyl sites for hydroxylation is 1. The number of rotatable bonds is 8. The van der Waals surface area contributed by atoms with Gasteiger partial charge in [0.2, 0.25) is 5.91 Å². The van der Waals surface area contributed by atoms with Crippen LogP contribution in [0.3, 0.4) is 0 Å². The van der Waals surface area contributed by atoms with Gasteiger partial charge in [-0.1, -0.05) is 42.1 Å². The summed E-state index contributed by atoms with van der Waals surface area (Å²) in [5.41, 5.74) is 3.46. The Hall–Kier alpha value is -3.59. The molecule has 1 N–H and O–H groups in total. The van der Waals surface area contributed by atoms with E-state index < -0.39 is 0 Å². The molecule has 0 spiro atoms. The fourth-order valence-corrected chi connectivity index (χ4v) is 3.98. The highest BCUT2D eigenvalue weighted by Gasteiger charge is 2.19. The van der Waals surface area contributed by atoms with E-state index in [1.165, 1.54) is 11.8 Å². The van der Waals surface area contributed by atoms with Crippen LogP contribution < -0.4 is 10.1 Å². The van der Waals surface area contributed by atoms with Gasteiger partial charge in [0.25, 0.3) is 0 Å². The van der Waals surface area contributed by atoms with Gasteiger partial charge >= 0.3 is 0 Å². The second kappa shape index (κ2) is 9.69. The standard InChI is InChI=1S/C23H24N6O2S/c1-4-31-18-12-10-17(11-13-18)24-20(30)15-32-23-26-25-22(29(23)3)19-14-28(2)27-21(19)16-8-6-5-7-9-16/h5-14H,4,15H2,1-3H3,(H,24,30). The van der Waals surface area contributed by atoms with Crippen LogP contribution in [0.5, 0.6) is 5.75 Å². The number of hydrogen-bond acceptors (Lipinski definition) is 6. The number of nitrogens with one attached hydrogen (secondary N) is 1. The van der Waals surface area contributed by atoms with Crippen LogP contribution >= 0.6 is 11.8 Å². The molecule has 0 radical (unpaired) electrons. The van der Waals surface area contributed by atoms with Crippen LogP contribution in [0.25, 0.3) is 22.6 Å². The van der Waals surface area contributed by atoms with Crippen LogP contribution in [0.1, 0.15) is 6.92 Å². The second-order valence-electron chi connectivity index (χ2n) is 7.09. The van der Waals surface area contributed by atoms with E-state index in [-0.39, 0.29) is 11.7 Å². The zero-order valence-electron chi connectivity index (χ0n) is 18.1. The van der Waals surface area contributed by atoms with Gasteiger partial charge in [-0.3, -0.25) is 9.48 Å². The third-order valence-electron chi connectivity index (χ3n) is 4.73. The summed E-state index contributed by atoms with van der Waals surface area (Å²) in [6, 6.07) is 17.3. The zero-order chi connectivity index (χ0) is 22.5. The molecule has 0 saturated heterocycles. The largest absolute Gasteiger partial charge is 0.494 e. The Bertz CT molecular complexity index is 1200. The number of anilines is 1. The lowest BCUT2D eigenvalue weighted by Crippen LogP contribution is -2.14. The molecule has 0 fully saturated rings. The number of hydrogen-bond donors (Lipinski definition) is 1. The van der Waals surface area contributed by atoms with Gasteiger partial charge in [0.05, 0.1) is 17.9 Å². The maximum absolute atomic E-state index is 12.4. The third kappa shape index (κ3) is 4.83. The molecule has 0 aliphatic rings. The van der Waals surface area contributed by atoms with Gasteiger partial charge < -0.3 is 14.6 Å². The van der Waals surface area contributed by atoms with Crippen LogP contribution in [0.2, 0.25) is 0 Å². The normalized spacial score (nSPS) is 10.8. The van der Waals surface area contributed by atoms with E-state index >= 15 is 0 Å². The van der Waals surface area contributed by atoms with Gasteiger partial charge in [-0.25, -0.2) is 0 Å². The van der Waals surface area contributed by atoms with Crippen molar-refractivity contribution >= 4 is 23.4 Å². The van der Waals surface area contributed by atoms with E-state index in [1.807, 2.05) is 86.4 Å². The summed E-state index contributed by atoms with van der Waals surface area (Å²) < 4.78 is 9.07. The monoisotopic (exact) mass is 448 g/mol. The van der Waals surface area contributed by atoms with Crippen molar-refractivity contribution in [2.75, 3.05) is 17.7 Å². The summed E-state index contributed by atoms with van der Waals surface area (Å²) in [6.45, 7) is 2.54. The van der Waals surface area contributed by atoms with Crippen LogP contribution in [-0.4, -0.2) is 42.8 Å². The fraction of sp³-hybridized carbons (Fsp3) is 0.217. The van der Waals surface area contributed by atoms with Crippen LogP contribution in [-0.2, 0) is 18.9 Å². The first kappa shape index (κ1) is 21.6. The van der Waals surface area contributed by atoms with Crippen molar-refractivity contribution in [3.63, 3.8) is 0 Å². The lowest BCUT2D eigenvalue weighted by Gasteiger charge is -2.07. The first-order valence-corrected chi connectivity index (χ1v) is 11.2. The second-order valence-corrected chi connectivity index (χ2v) is 8.03. The Labute approximate surface area is 190 Å². The Morgan fingerprint density at radius 2 is 1.81 bits per heavy atom. The average molecular weight is 449 g/mol. The van der Waals surface area contributed by atoms with Gasteiger partial charge in [0, 0.05) is 31.5 Å². The van der Waals surface area contributed by atoms with Gasteiger partial charge in [-0.05, 0) is 31.2 Å². The van der Waals surface area contributed by atoms with Crippen molar-refractivity contribution in [1.82, 2.24) is 24.5 Å². The predicted molar refractivity (Wildman–Crippen MR) is 126 cm³/mol. The Balaban J connectivity index is 1.44. The molecule has 0 saturated carbocycles. The van der Waals surface area contributed by atoms with E-state index in [9.17, 15) is 4.79 Å². The van der Waals surface area contributed by atoms with Gasteiger partial charge in [0.1, 0.15) is 11.4 Å². The molecule has 4 rings (SSSR count). The van der Waals surface area contributed by atoms with Crippen molar-refractivity contribution in [2.45, 2.75) is 12.1 Å². The van der Waals surface area contributed by atoms with E-state index in [2.05, 4.69) is 20.6 Å². The van der Waals surface area contributed by atoms with Crippen molar-refractivity contribution in [1.29, 1.82) is 0 Å². The maximum atomic E-state index is 12.4. The Kier molecular flexibility index (Phi) is 6.55. The van der Waals surface area contributed by atoms with E-state index in [0.717, 1.165) is 28.3 Å². The quantitative estimate of drug-likeness (QED) is 0.410. The van der Waals surface area contributed by atoms with Gasteiger partial charge in [-0.2, -0.15) is 5.10 Å². The number of nitrogens with zero attached hydrogens (tertiary/aromatic N) is 5. The van der Waals surface area contributed by atoms with E-state index in [4.69, 9.17) is 4.74 Å². The SMILES string of the molecule is CCOc1ccc(NC(=O)CSc2nnc(-c3cn(C)nc3-c3ccccc3)n2C)cc1. The predicted octanol–water partition coefficient (Wildman–Crippen LogP) is 4.01. The molecule has 2 aromatic carbocycles. The van der Waals surface area contributed by atoms with Crippen LogP contribution in [0.15, 0.2) is 66.0 Å². The number of thioether (sulfide) groups is 1. The molecule has 2 heterocycles. The Morgan fingerprint density at radius 1 is 1.06 bits per heavy atom. The van der Waals surface area contributed by atoms with Gasteiger partial charge in [-0.15, -0.1) is 10.2 Å². The van der Waals surface area contributed by atoms with Crippen molar-refractivity contribution in [3.05, 3.63) is 60.8 Å². The molecular formula is C23H24N6O2S. The zero-order valence-corrected chi connectivity index (χ0v) is 19.0. The summed E-state index contributed by atoms with van der Waals surface area (Å²) in [6.07, 6.45) is 1.93.